The molecule has 16 heteroatoms. The van der Waals surface area contributed by atoms with Crippen LogP contribution >= 0.6 is 24.4 Å². The maximum Gasteiger partial charge on any atom is 0.273 e. The Morgan fingerprint density at radius 3 is 2.29 bits per heavy atom. The molecule has 5 aromatic rings. The lowest BCUT2D eigenvalue weighted by Gasteiger charge is -2.27. The lowest BCUT2D eigenvalue weighted by molar-refractivity contribution is -0.955. The van der Waals surface area contributed by atoms with Crippen LogP contribution < -0.4 is 20.8 Å². The van der Waals surface area contributed by atoms with Gasteiger partial charge in [0.1, 0.15) is 32.5 Å². The molecule has 364 valence electrons. The highest BCUT2D eigenvalue weighted by Crippen LogP contribution is 2.39. The number of carbonyl (C=O) groups excluding carboxylic acids is 3. The molecular weight excluding hydrogens is 914 g/mol. The van der Waals surface area contributed by atoms with Gasteiger partial charge in [-0.2, -0.15) is 15.9 Å². The van der Waals surface area contributed by atoms with Gasteiger partial charge in [-0.25, -0.2) is 9.97 Å². The molecule has 4 aromatic carbocycles. The van der Waals surface area contributed by atoms with Gasteiger partial charge in [0, 0.05) is 53.1 Å². The minimum absolute atomic E-state index is 0.0164. The lowest BCUT2D eigenvalue weighted by atomic mass is 9.77. The number of carbonyl (C=O) groups is 3. The SMILES string of the molecule is CC(=C1CCC1)c1ccc(NCCOCCOCCOc2c(Cl)cc(C(C)(C)c3ccc(-c4ccc5nc(N[N+](C)(O)S)ncc5c4)cc3)cc2C#N)cc1C(=O)C(C)C.CC1CCC(=O)NC1=O. The number of piperidine rings is 1. The molecular formula is C53H63ClN7O7S+. The first-order valence-corrected chi connectivity index (χ1v) is 24.1. The van der Waals surface area contributed by atoms with Crippen LogP contribution in [0.5, 0.6) is 5.75 Å². The second kappa shape index (κ2) is 23.6. The van der Waals surface area contributed by atoms with Crippen LogP contribution in [-0.2, 0) is 24.5 Å². The number of ether oxygens (including phenoxy) is 3. The molecule has 2 atom stereocenters. The van der Waals surface area contributed by atoms with Gasteiger partial charge in [0.25, 0.3) is 5.95 Å². The van der Waals surface area contributed by atoms with Crippen molar-refractivity contribution in [3.05, 3.63) is 117 Å². The minimum Gasteiger partial charge on any atom is -0.488 e. The van der Waals surface area contributed by atoms with Gasteiger partial charge in [-0.1, -0.05) is 88.2 Å². The molecule has 1 aliphatic heterocycles. The molecule has 2 heterocycles. The van der Waals surface area contributed by atoms with E-state index in [4.69, 9.17) is 25.8 Å². The van der Waals surface area contributed by atoms with Crippen LogP contribution in [0.1, 0.15) is 106 Å². The summed E-state index contributed by atoms with van der Waals surface area (Å²) in [5.41, 5.74) is 12.7. The van der Waals surface area contributed by atoms with Gasteiger partial charge in [0.15, 0.2) is 11.5 Å². The van der Waals surface area contributed by atoms with Crippen molar-refractivity contribution in [2.75, 3.05) is 57.4 Å². The van der Waals surface area contributed by atoms with Crippen molar-refractivity contribution < 1.29 is 38.0 Å². The molecule has 0 radical (unpaired) electrons. The maximum atomic E-state index is 13.1. The number of nitrogens with zero attached hydrogens (tertiary/aromatic N) is 4. The molecule has 2 amide bonds. The van der Waals surface area contributed by atoms with Crippen molar-refractivity contribution in [1.82, 2.24) is 15.3 Å². The van der Waals surface area contributed by atoms with Crippen LogP contribution in [-0.4, -0.2) is 83.6 Å². The summed E-state index contributed by atoms with van der Waals surface area (Å²) in [6, 6.07) is 26.3. The van der Waals surface area contributed by atoms with Gasteiger partial charge < -0.3 is 19.5 Å². The molecule has 69 heavy (non-hydrogen) atoms. The molecule has 1 aromatic heterocycles. The third-order valence-electron chi connectivity index (χ3n) is 12.4. The van der Waals surface area contributed by atoms with E-state index in [0.29, 0.717) is 62.1 Å². The predicted octanol–water partition coefficient (Wildman–Crippen LogP) is 10.5. The number of anilines is 2. The first-order valence-electron chi connectivity index (χ1n) is 23.3. The van der Waals surface area contributed by atoms with Crippen LogP contribution in [0.2, 0.25) is 5.02 Å². The summed E-state index contributed by atoms with van der Waals surface area (Å²) >= 11 is 10.8. The fraction of sp³-hybridized carbons (Fsp3) is 0.396. The Morgan fingerprint density at radius 1 is 0.957 bits per heavy atom. The number of Topliss-reactive ketones (excluding diaryl/α,β-unsaturated/α-hetero) is 1. The van der Waals surface area contributed by atoms with Gasteiger partial charge in [0.2, 0.25) is 11.8 Å². The van der Waals surface area contributed by atoms with E-state index < -0.39 is 9.58 Å². The Hall–Kier alpha value is -5.86. The number of imide groups is 1. The van der Waals surface area contributed by atoms with Crippen LogP contribution in [0.3, 0.4) is 0 Å². The number of amides is 2. The number of benzene rings is 4. The zero-order chi connectivity index (χ0) is 49.9. The van der Waals surface area contributed by atoms with Gasteiger partial charge in [-0.3, -0.25) is 19.7 Å². The molecule has 2 aliphatic rings. The van der Waals surface area contributed by atoms with Crippen molar-refractivity contribution in [3.63, 3.8) is 0 Å². The number of aromatic nitrogens is 2. The summed E-state index contributed by atoms with van der Waals surface area (Å²) in [6.07, 6.45) is 6.36. The summed E-state index contributed by atoms with van der Waals surface area (Å²) in [4.78, 5) is 43.0. The second-order valence-electron chi connectivity index (χ2n) is 18.4. The Morgan fingerprint density at radius 2 is 1.65 bits per heavy atom. The number of halogens is 1. The average Bonchev–Trinajstić information content (AvgIpc) is 3.29. The number of hydrogen-bond donors (Lipinski definition) is 5. The molecule has 1 aliphatic carbocycles. The first-order chi connectivity index (χ1) is 32.8. The summed E-state index contributed by atoms with van der Waals surface area (Å²) in [5.74, 6) is 0.413. The quantitative estimate of drug-likeness (QED) is 0.0132. The number of ketones is 1. The normalized spacial score (nSPS) is 15.6. The van der Waals surface area contributed by atoms with E-state index in [0.717, 1.165) is 62.8 Å². The minimum atomic E-state index is -0.788. The van der Waals surface area contributed by atoms with E-state index in [1.54, 1.807) is 6.20 Å². The summed E-state index contributed by atoms with van der Waals surface area (Å²) < 4.78 is 16.7. The van der Waals surface area contributed by atoms with Crippen molar-refractivity contribution in [2.45, 2.75) is 79.1 Å². The molecule has 4 N–H and O–H groups in total. The lowest BCUT2D eigenvalue weighted by Crippen LogP contribution is -2.39. The molecule has 1 saturated heterocycles. The largest absolute Gasteiger partial charge is 0.488 e. The molecule has 0 bridgehead atoms. The van der Waals surface area contributed by atoms with E-state index in [1.807, 2.05) is 63.2 Å². The average molecular weight is 978 g/mol. The van der Waals surface area contributed by atoms with Crippen LogP contribution in [0.15, 0.2) is 84.6 Å². The van der Waals surface area contributed by atoms with Crippen molar-refractivity contribution >= 4 is 70.1 Å². The predicted molar refractivity (Wildman–Crippen MR) is 273 cm³/mol. The number of quaternary nitrogens is 1. The number of fused-ring (bicyclic) bond motifs is 1. The van der Waals surface area contributed by atoms with E-state index >= 15 is 0 Å². The topological polar surface area (TPSA) is 185 Å². The molecule has 0 spiro atoms. The van der Waals surface area contributed by atoms with Crippen molar-refractivity contribution in [3.8, 4) is 22.9 Å². The fourth-order valence-corrected chi connectivity index (χ4v) is 8.26. The number of nitrogens with one attached hydrogen (secondary N) is 3. The standard InChI is InChI=1S/C47H54ClN6O5S.C6H9NO2/c1-30(2)44(55)41-27-39(15-16-40(41)31(3)32-8-7-9-32)50-18-19-57-20-21-58-22-23-59-45-35(28-49)25-38(26-42(45)48)47(4,5)37-13-10-33(11-14-37)34-12-17-43-36(24-34)29-51-46(52-43)53-54(6,56)60;1-4-2-3-5(8)7-6(4)9/h10-17,24-27,29-30,50,56,60H,7-9,18-23H2,1-6H3,(H,51,52,53);4H,2-3H2,1H3,(H,7,8,9)/q+1;. The first kappa shape index (κ1) is 52.5. The van der Waals surface area contributed by atoms with E-state index in [9.17, 15) is 24.9 Å². The Labute approximate surface area is 415 Å². The smallest absolute Gasteiger partial charge is 0.273 e. The Balaban J connectivity index is 0.000000779. The van der Waals surface area contributed by atoms with Crippen LogP contribution in [0.25, 0.3) is 27.6 Å². The van der Waals surface area contributed by atoms with Crippen LogP contribution in [0, 0.1) is 23.2 Å². The number of rotatable bonds is 19. The third kappa shape index (κ3) is 14.1. The van der Waals surface area contributed by atoms with Crippen molar-refractivity contribution in [1.29, 1.82) is 5.26 Å². The highest BCUT2D eigenvalue weighted by Gasteiger charge is 2.27. The zero-order valence-electron chi connectivity index (χ0n) is 40.4. The summed E-state index contributed by atoms with van der Waals surface area (Å²) in [7, 11) is 1.44. The second-order valence-corrected chi connectivity index (χ2v) is 19.5. The molecule has 2 fully saturated rings. The fourth-order valence-electron chi connectivity index (χ4n) is 7.90. The monoisotopic (exact) mass is 976 g/mol. The molecule has 1 saturated carbocycles. The Kier molecular flexibility index (Phi) is 18.0. The summed E-state index contributed by atoms with van der Waals surface area (Å²) in [6.45, 7) is 14.4. The highest BCUT2D eigenvalue weighted by molar-refractivity contribution is 7.74. The van der Waals surface area contributed by atoms with Gasteiger partial charge in [0.05, 0.1) is 42.5 Å². The number of allylic oxidation sites excluding steroid dienone is 2. The summed E-state index contributed by atoms with van der Waals surface area (Å²) in [5, 5.41) is 26.8. The van der Waals surface area contributed by atoms with E-state index in [2.05, 4.69) is 96.0 Å². The third-order valence-corrected chi connectivity index (χ3v) is 12.7. The van der Waals surface area contributed by atoms with Crippen LogP contribution in [0.4, 0.5) is 11.6 Å². The maximum absolute atomic E-state index is 13.1. The molecule has 2 unspecified atom stereocenters. The van der Waals surface area contributed by atoms with Gasteiger partial charge >= 0.3 is 0 Å². The number of thiol groups is 1. The molecule has 7 rings (SSSR count). The highest BCUT2D eigenvalue weighted by atomic mass is 35.5. The molecule has 14 nitrogen and oxygen atoms in total. The number of nitriles is 1. The van der Waals surface area contributed by atoms with Gasteiger partial charge in [-0.05, 0) is 107 Å². The number of hydrogen-bond acceptors (Lipinski definition) is 13. The Bertz CT molecular complexity index is 2720. The van der Waals surface area contributed by atoms with E-state index in [1.165, 1.54) is 24.6 Å². The number of hydroxylamine groups is 1. The van der Waals surface area contributed by atoms with Crippen molar-refractivity contribution in [2.24, 2.45) is 11.8 Å². The van der Waals surface area contributed by atoms with E-state index in [-0.39, 0.29) is 42.0 Å². The zero-order valence-corrected chi connectivity index (χ0v) is 42.1. The van der Waals surface area contributed by atoms with Gasteiger partial charge in [-0.15, -0.1) is 0 Å².